The van der Waals surface area contributed by atoms with Crippen LogP contribution in [0.2, 0.25) is 0 Å². The van der Waals surface area contributed by atoms with Crippen LogP contribution in [0, 0.1) is 0 Å². The molecule has 0 aromatic heterocycles. The summed E-state index contributed by atoms with van der Waals surface area (Å²) in [7, 11) is 0. The van der Waals surface area contributed by atoms with Gasteiger partial charge in [-0.25, -0.2) is 0 Å². The van der Waals surface area contributed by atoms with Crippen LogP contribution in [-0.2, 0) is 4.79 Å². The number of carbonyl (C=O) groups excluding carboxylic acids is 1. The molecule has 0 aromatic rings. The van der Waals surface area contributed by atoms with Gasteiger partial charge < -0.3 is 10.6 Å². The van der Waals surface area contributed by atoms with Crippen molar-refractivity contribution in [1.82, 2.24) is 16.0 Å². The Bertz CT molecular complexity index is 163. The number of amides is 1. The molecule has 1 amide bonds. The predicted molar refractivity (Wildman–Crippen MR) is 41.2 cm³/mol. The standard InChI is InChI=1S/C7H13N3O/c11-6-3-10-7(5-9-6)1-2-8-4-7/h8,10H,1-5H2,(H,9,11). The maximum Gasteiger partial charge on any atom is 0.234 e. The van der Waals surface area contributed by atoms with Gasteiger partial charge in [0.25, 0.3) is 0 Å². The van der Waals surface area contributed by atoms with Crippen LogP contribution in [0.15, 0.2) is 0 Å². The van der Waals surface area contributed by atoms with Crippen LogP contribution in [0.1, 0.15) is 6.42 Å². The summed E-state index contributed by atoms with van der Waals surface area (Å²) in [5.74, 6) is 0.113. The third kappa shape index (κ3) is 1.23. The minimum absolute atomic E-state index is 0.113. The first-order chi connectivity index (χ1) is 5.31. The molecule has 0 aromatic carbocycles. The van der Waals surface area contributed by atoms with Crippen LogP contribution >= 0.6 is 0 Å². The van der Waals surface area contributed by atoms with Crippen molar-refractivity contribution < 1.29 is 4.79 Å². The third-order valence-electron chi connectivity index (χ3n) is 2.49. The zero-order chi connectivity index (χ0) is 7.73. The molecule has 2 rings (SSSR count). The summed E-state index contributed by atoms with van der Waals surface area (Å²) in [5.41, 5.74) is 0.161. The van der Waals surface area contributed by atoms with E-state index in [9.17, 15) is 4.79 Å². The molecule has 2 aliphatic rings. The van der Waals surface area contributed by atoms with Crippen LogP contribution < -0.4 is 16.0 Å². The van der Waals surface area contributed by atoms with Gasteiger partial charge >= 0.3 is 0 Å². The largest absolute Gasteiger partial charge is 0.353 e. The Morgan fingerprint density at radius 3 is 2.82 bits per heavy atom. The van der Waals surface area contributed by atoms with E-state index in [1.54, 1.807) is 0 Å². The average Bonchev–Trinajstić information content (AvgIpc) is 2.45. The fraction of sp³-hybridized carbons (Fsp3) is 0.857. The number of hydrogen-bond donors (Lipinski definition) is 3. The van der Waals surface area contributed by atoms with Gasteiger partial charge in [-0.3, -0.25) is 10.1 Å². The first-order valence-corrected chi connectivity index (χ1v) is 4.03. The van der Waals surface area contributed by atoms with Crippen LogP contribution in [0.4, 0.5) is 0 Å². The zero-order valence-corrected chi connectivity index (χ0v) is 6.44. The van der Waals surface area contributed by atoms with Gasteiger partial charge in [-0.2, -0.15) is 0 Å². The summed E-state index contributed by atoms with van der Waals surface area (Å²) in [4.78, 5) is 10.8. The summed E-state index contributed by atoms with van der Waals surface area (Å²) < 4.78 is 0. The highest BCUT2D eigenvalue weighted by Crippen LogP contribution is 2.14. The van der Waals surface area contributed by atoms with Crippen molar-refractivity contribution in [2.45, 2.75) is 12.0 Å². The van der Waals surface area contributed by atoms with Gasteiger partial charge in [0.2, 0.25) is 5.91 Å². The summed E-state index contributed by atoms with van der Waals surface area (Å²) in [6.07, 6.45) is 1.12. The first-order valence-electron chi connectivity index (χ1n) is 4.03. The third-order valence-corrected chi connectivity index (χ3v) is 2.49. The molecule has 2 heterocycles. The molecular weight excluding hydrogens is 142 g/mol. The van der Waals surface area contributed by atoms with Gasteiger partial charge in [-0.05, 0) is 13.0 Å². The lowest BCUT2D eigenvalue weighted by molar-refractivity contribution is -0.122. The van der Waals surface area contributed by atoms with Gasteiger partial charge in [0, 0.05) is 18.6 Å². The van der Waals surface area contributed by atoms with E-state index >= 15 is 0 Å². The Balaban J connectivity index is 1.99. The van der Waals surface area contributed by atoms with Crippen molar-refractivity contribution in [3.05, 3.63) is 0 Å². The summed E-state index contributed by atoms with van der Waals surface area (Å²) >= 11 is 0. The van der Waals surface area contributed by atoms with Crippen molar-refractivity contribution in [2.24, 2.45) is 0 Å². The Labute approximate surface area is 65.7 Å². The Morgan fingerprint density at radius 2 is 2.27 bits per heavy atom. The van der Waals surface area contributed by atoms with Crippen LogP contribution in [-0.4, -0.2) is 37.6 Å². The van der Waals surface area contributed by atoms with E-state index in [0.717, 1.165) is 26.1 Å². The molecule has 2 fully saturated rings. The first kappa shape index (κ1) is 7.06. The zero-order valence-electron chi connectivity index (χ0n) is 6.44. The second-order valence-corrected chi connectivity index (χ2v) is 3.34. The van der Waals surface area contributed by atoms with Crippen molar-refractivity contribution in [3.8, 4) is 0 Å². The van der Waals surface area contributed by atoms with Gasteiger partial charge in [-0.1, -0.05) is 0 Å². The summed E-state index contributed by atoms with van der Waals surface area (Å²) in [6, 6.07) is 0. The van der Waals surface area contributed by atoms with E-state index in [-0.39, 0.29) is 11.4 Å². The smallest absolute Gasteiger partial charge is 0.234 e. The average molecular weight is 155 g/mol. The Hall–Kier alpha value is -0.610. The number of piperazine rings is 1. The van der Waals surface area contributed by atoms with E-state index in [1.165, 1.54) is 0 Å². The lowest BCUT2D eigenvalue weighted by Gasteiger charge is -2.33. The molecule has 0 aliphatic carbocycles. The van der Waals surface area contributed by atoms with E-state index in [4.69, 9.17) is 0 Å². The fourth-order valence-corrected chi connectivity index (χ4v) is 1.71. The van der Waals surface area contributed by atoms with Crippen molar-refractivity contribution in [2.75, 3.05) is 26.2 Å². The van der Waals surface area contributed by atoms with Gasteiger partial charge in [-0.15, -0.1) is 0 Å². The van der Waals surface area contributed by atoms with Crippen LogP contribution in [0.3, 0.4) is 0 Å². The second kappa shape index (κ2) is 2.46. The molecule has 0 radical (unpaired) electrons. The Morgan fingerprint density at radius 1 is 1.36 bits per heavy atom. The van der Waals surface area contributed by atoms with Crippen molar-refractivity contribution >= 4 is 5.91 Å². The van der Waals surface area contributed by atoms with Crippen molar-refractivity contribution in [1.29, 1.82) is 0 Å². The lowest BCUT2D eigenvalue weighted by atomic mass is 9.97. The molecule has 62 valence electrons. The molecule has 2 aliphatic heterocycles. The van der Waals surface area contributed by atoms with E-state index in [1.807, 2.05) is 0 Å². The molecule has 1 spiro atoms. The number of rotatable bonds is 0. The SMILES string of the molecule is O=C1CNC2(CCNC2)CN1. The van der Waals surface area contributed by atoms with Crippen LogP contribution in [0.25, 0.3) is 0 Å². The van der Waals surface area contributed by atoms with E-state index in [2.05, 4.69) is 16.0 Å². The number of carbonyl (C=O) groups is 1. The van der Waals surface area contributed by atoms with Crippen LogP contribution in [0.5, 0.6) is 0 Å². The van der Waals surface area contributed by atoms with Gasteiger partial charge in [0.1, 0.15) is 0 Å². The highest BCUT2D eigenvalue weighted by Gasteiger charge is 2.36. The molecule has 3 N–H and O–H groups in total. The maximum atomic E-state index is 10.8. The summed E-state index contributed by atoms with van der Waals surface area (Å²) in [5, 5.41) is 9.43. The molecule has 0 bridgehead atoms. The second-order valence-electron chi connectivity index (χ2n) is 3.34. The monoisotopic (exact) mass is 155 g/mol. The fourth-order valence-electron chi connectivity index (χ4n) is 1.71. The molecule has 2 saturated heterocycles. The normalized spacial score (nSPS) is 37.6. The highest BCUT2D eigenvalue weighted by atomic mass is 16.2. The molecular formula is C7H13N3O. The number of nitrogens with one attached hydrogen (secondary N) is 3. The van der Waals surface area contributed by atoms with Gasteiger partial charge in [0.05, 0.1) is 6.54 Å². The summed E-state index contributed by atoms with van der Waals surface area (Å²) in [6.45, 7) is 3.29. The van der Waals surface area contributed by atoms with Crippen molar-refractivity contribution in [3.63, 3.8) is 0 Å². The minimum atomic E-state index is 0.113. The highest BCUT2D eigenvalue weighted by molar-refractivity contribution is 5.79. The quantitative estimate of drug-likeness (QED) is 0.396. The molecule has 4 heteroatoms. The molecule has 1 atom stereocenters. The minimum Gasteiger partial charge on any atom is -0.353 e. The molecule has 11 heavy (non-hydrogen) atoms. The Kier molecular flexibility index (Phi) is 1.58. The topological polar surface area (TPSA) is 53.2 Å². The lowest BCUT2D eigenvalue weighted by Crippen LogP contribution is -2.62. The van der Waals surface area contributed by atoms with E-state index < -0.39 is 0 Å². The maximum absolute atomic E-state index is 10.8. The van der Waals surface area contributed by atoms with E-state index in [0.29, 0.717) is 6.54 Å². The molecule has 4 nitrogen and oxygen atoms in total. The molecule has 0 saturated carbocycles. The number of hydrogen-bond acceptors (Lipinski definition) is 3. The predicted octanol–water partition coefficient (Wildman–Crippen LogP) is -1.56. The molecule has 1 unspecified atom stereocenters. The van der Waals surface area contributed by atoms with Gasteiger partial charge in [0.15, 0.2) is 0 Å².